The number of carboxylic acids is 1. The van der Waals surface area contributed by atoms with E-state index < -0.39 is 5.97 Å². The van der Waals surface area contributed by atoms with Crippen molar-refractivity contribution in [3.05, 3.63) is 22.8 Å². The monoisotopic (exact) mass is 270 g/mol. The zero-order chi connectivity index (χ0) is 13.1. The summed E-state index contributed by atoms with van der Waals surface area (Å²) in [5.41, 5.74) is -0.125. The number of hydrogen-bond donors (Lipinski definition) is 2. The molecule has 1 aliphatic heterocycles. The van der Waals surface area contributed by atoms with Crippen LogP contribution in [0, 0.1) is 5.92 Å². The van der Waals surface area contributed by atoms with Crippen LogP contribution in [0.1, 0.15) is 23.3 Å². The normalized spacial score (nSPS) is 19.9. The number of carbonyl (C=O) groups is 1. The number of aliphatic hydroxyl groups is 1. The Bertz CT molecular complexity index is 453. The molecule has 0 spiro atoms. The minimum absolute atomic E-state index is 0.125. The summed E-state index contributed by atoms with van der Waals surface area (Å²) in [6.45, 7) is 1.67. The summed E-state index contributed by atoms with van der Waals surface area (Å²) in [5.74, 6) is -0.294. The molecule has 0 bridgehead atoms. The van der Waals surface area contributed by atoms with Crippen molar-refractivity contribution < 1.29 is 15.0 Å². The van der Waals surface area contributed by atoms with E-state index in [4.69, 9.17) is 16.7 Å². The molecule has 2 N–H and O–H groups in total. The molecule has 0 amide bonds. The first-order valence-electron chi connectivity index (χ1n) is 5.87. The molecule has 5 nitrogen and oxygen atoms in total. The molecule has 2 heterocycles. The van der Waals surface area contributed by atoms with Gasteiger partial charge < -0.3 is 15.1 Å². The molecular weight excluding hydrogens is 256 g/mol. The molecule has 1 atom stereocenters. The highest BCUT2D eigenvalue weighted by molar-refractivity contribution is 6.33. The first-order valence-corrected chi connectivity index (χ1v) is 6.25. The Balaban J connectivity index is 2.22. The summed E-state index contributed by atoms with van der Waals surface area (Å²) < 4.78 is 0. The number of halogens is 1. The number of hydrogen-bond acceptors (Lipinski definition) is 4. The van der Waals surface area contributed by atoms with Crippen molar-refractivity contribution in [3.8, 4) is 0 Å². The van der Waals surface area contributed by atoms with Crippen molar-refractivity contribution in [1.29, 1.82) is 0 Å². The second-order valence-electron chi connectivity index (χ2n) is 4.44. The third kappa shape index (κ3) is 2.73. The van der Waals surface area contributed by atoms with Crippen LogP contribution in [-0.2, 0) is 0 Å². The maximum Gasteiger partial charge on any atom is 0.356 e. The van der Waals surface area contributed by atoms with Gasteiger partial charge >= 0.3 is 5.97 Å². The van der Waals surface area contributed by atoms with Crippen LogP contribution in [0.2, 0.25) is 5.02 Å². The zero-order valence-corrected chi connectivity index (χ0v) is 10.6. The smallest absolute Gasteiger partial charge is 0.356 e. The predicted molar refractivity (Wildman–Crippen MR) is 68.2 cm³/mol. The minimum Gasteiger partial charge on any atom is -0.476 e. The number of nitrogens with zero attached hydrogens (tertiary/aromatic N) is 2. The maximum atomic E-state index is 11.0. The summed E-state index contributed by atoms with van der Waals surface area (Å²) in [6.07, 6.45) is 1.96. The van der Waals surface area contributed by atoms with E-state index in [1.165, 1.54) is 0 Å². The molecule has 1 saturated heterocycles. The summed E-state index contributed by atoms with van der Waals surface area (Å²) in [7, 11) is 0. The van der Waals surface area contributed by atoms with Crippen molar-refractivity contribution in [1.82, 2.24) is 4.98 Å². The van der Waals surface area contributed by atoms with E-state index in [0.29, 0.717) is 12.4 Å². The highest BCUT2D eigenvalue weighted by atomic mass is 35.5. The highest BCUT2D eigenvalue weighted by Crippen LogP contribution is 2.24. The largest absolute Gasteiger partial charge is 0.476 e. The van der Waals surface area contributed by atoms with Gasteiger partial charge in [-0.2, -0.15) is 0 Å². The van der Waals surface area contributed by atoms with Crippen molar-refractivity contribution in [2.75, 3.05) is 24.6 Å². The molecular formula is C12H15ClN2O3. The van der Waals surface area contributed by atoms with Gasteiger partial charge in [0.05, 0.1) is 5.02 Å². The molecule has 0 saturated carbocycles. The van der Waals surface area contributed by atoms with Gasteiger partial charge in [-0.15, -0.1) is 0 Å². The van der Waals surface area contributed by atoms with Crippen LogP contribution in [0.3, 0.4) is 0 Å². The van der Waals surface area contributed by atoms with Gasteiger partial charge in [-0.3, -0.25) is 0 Å². The van der Waals surface area contributed by atoms with Crippen LogP contribution < -0.4 is 4.90 Å². The molecule has 18 heavy (non-hydrogen) atoms. The SMILES string of the molecule is O=C(O)c1nc(N2CCCC(CO)C2)ccc1Cl. The summed E-state index contributed by atoms with van der Waals surface area (Å²) in [6, 6.07) is 3.27. The highest BCUT2D eigenvalue weighted by Gasteiger charge is 2.21. The Hall–Kier alpha value is -1.33. The Morgan fingerprint density at radius 3 is 3.00 bits per heavy atom. The number of aromatic carboxylic acids is 1. The van der Waals surface area contributed by atoms with E-state index in [0.717, 1.165) is 19.4 Å². The average Bonchev–Trinajstić information content (AvgIpc) is 2.39. The molecule has 0 aliphatic carbocycles. The van der Waals surface area contributed by atoms with Crippen LogP contribution in [0.5, 0.6) is 0 Å². The molecule has 1 aromatic rings. The molecule has 0 aromatic carbocycles. The molecule has 98 valence electrons. The van der Waals surface area contributed by atoms with Gasteiger partial charge in [0.1, 0.15) is 5.82 Å². The third-order valence-electron chi connectivity index (χ3n) is 3.14. The summed E-state index contributed by atoms with van der Waals surface area (Å²) >= 11 is 5.78. The lowest BCUT2D eigenvalue weighted by Gasteiger charge is -2.32. The zero-order valence-electron chi connectivity index (χ0n) is 9.84. The number of aromatic nitrogens is 1. The van der Waals surface area contributed by atoms with Crippen molar-refractivity contribution in [2.45, 2.75) is 12.8 Å². The van der Waals surface area contributed by atoms with Crippen LogP contribution in [0.15, 0.2) is 12.1 Å². The standard InChI is InChI=1S/C12H15ClN2O3/c13-9-3-4-10(14-11(9)12(17)18)15-5-1-2-8(6-15)7-16/h3-4,8,16H,1-2,5-7H2,(H,17,18). The van der Waals surface area contributed by atoms with Gasteiger partial charge in [-0.1, -0.05) is 11.6 Å². The van der Waals surface area contributed by atoms with E-state index in [9.17, 15) is 9.90 Å². The maximum absolute atomic E-state index is 11.0. The molecule has 6 heteroatoms. The van der Waals surface area contributed by atoms with Gasteiger partial charge in [-0.25, -0.2) is 9.78 Å². The third-order valence-corrected chi connectivity index (χ3v) is 3.44. The second-order valence-corrected chi connectivity index (χ2v) is 4.85. The lowest BCUT2D eigenvalue weighted by Crippen LogP contribution is -2.37. The van der Waals surface area contributed by atoms with E-state index in [2.05, 4.69) is 4.98 Å². The minimum atomic E-state index is -1.13. The quantitative estimate of drug-likeness (QED) is 0.873. The topological polar surface area (TPSA) is 73.7 Å². The van der Waals surface area contributed by atoms with Gasteiger partial charge in [0, 0.05) is 19.7 Å². The van der Waals surface area contributed by atoms with Crippen molar-refractivity contribution >= 4 is 23.4 Å². The summed E-state index contributed by atoms with van der Waals surface area (Å²) in [5, 5.41) is 18.3. The van der Waals surface area contributed by atoms with Crippen molar-refractivity contribution in [3.63, 3.8) is 0 Å². The number of pyridine rings is 1. The molecule has 1 aliphatic rings. The van der Waals surface area contributed by atoms with Crippen LogP contribution >= 0.6 is 11.6 Å². The summed E-state index contributed by atoms with van der Waals surface area (Å²) in [4.78, 5) is 17.0. The Morgan fingerprint density at radius 1 is 1.56 bits per heavy atom. The lowest BCUT2D eigenvalue weighted by atomic mass is 9.99. The van der Waals surface area contributed by atoms with E-state index in [-0.39, 0.29) is 23.2 Å². The first kappa shape index (κ1) is 13.1. The number of carboxylic acid groups (broad SMARTS) is 1. The van der Waals surface area contributed by atoms with Gasteiger partial charge in [0.15, 0.2) is 5.69 Å². The lowest BCUT2D eigenvalue weighted by molar-refractivity contribution is 0.0690. The average molecular weight is 271 g/mol. The van der Waals surface area contributed by atoms with Crippen LogP contribution in [0.4, 0.5) is 5.82 Å². The fourth-order valence-electron chi connectivity index (χ4n) is 2.18. The number of rotatable bonds is 3. The van der Waals surface area contributed by atoms with E-state index in [1.54, 1.807) is 12.1 Å². The number of anilines is 1. The van der Waals surface area contributed by atoms with Gasteiger partial charge in [0.25, 0.3) is 0 Å². The first-order chi connectivity index (χ1) is 8.61. The molecule has 1 aromatic heterocycles. The van der Waals surface area contributed by atoms with Crippen LogP contribution in [-0.4, -0.2) is 40.9 Å². The van der Waals surface area contributed by atoms with Crippen LogP contribution in [0.25, 0.3) is 0 Å². The van der Waals surface area contributed by atoms with E-state index in [1.807, 2.05) is 4.90 Å². The molecule has 2 rings (SSSR count). The Morgan fingerprint density at radius 2 is 2.33 bits per heavy atom. The fraction of sp³-hybridized carbons (Fsp3) is 0.500. The van der Waals surface area contributed by atoms with E-state index >= 15 is 0 Å². The predicted octanol–water partition coefficient (Wildman–Crippen LogP) is 1.64. The number of piperidine rings is 1. The Labute approximate surface area is 110 Å². The Kier molecular flexibility index (Phi) is 4.04. The van der Waals surface area contributed by atoms with Gasteiger partial charge in [0.2, 0.25) is 0 Å². The molecule has 1 unspecified atom stereocenters. The number of aliphatic hydroxyl groups excluding tert-OH is 1. The second kappa shape index (κ2) is 5.54. The fourth-order valence-corrected chi connectivity index (χ4v) is 2.37. The molecule has 0 radical (unpaired) electrons. The van der Waals surface area contributed by atoms with Gasteiger partial charge in [-0.05, 0) is 30.9 Å². The van der Waals surface area contributed by atoms with Crippen molar-refractivity contribution in [2.24, 2.45) is 5.92 Å². The molecule has 1 fully saturated rings.